The zero-order valence-corrected chi connectivity index (χ0v) is 11.7. The van der Waals surface area contributed by atoms with Crippen LogP contribution in [0.5, 0.6) is 0 Å². The van der Waals surface area contributed by atoms with Gasteiger partial charge in [0.1, 0.15) is 0 Å². The van der Waals surface area contributed by atoms with E-state index in [2.05, 4.69) is 19.9 Å². The lowest BCUT2D eigenvalue weighted by molar-refractivity contribution is 0.0275. The van der Waals surface area contributed by atoms with Crippen molar-refractivity contribution in [3.8, 4) is 0 Å². The average Bonchev–Trinajstić information content (AvgIpc) is 2.22. The van der Waals surface area contributed by atoms with E-state index < -0.39 is 0 Å². The first-order chi connectivity index (χ1) is 8.32. The van der Waals surface area contributed by atoms with Gasteiger partial charge in [-0.3, -0.25) is 4.79 Å². The highest BCUT2D eigenvalue weighted by Gasteiger charge is 2.44. The molecule has 0 unspecified atom stereocenters. The lowest BCUT2D eigenvalue weighted by Crippen LogP contribution is -2.71. The molecule has 1 aromatic rings. The Morgan fingerprint density at radius 3 is 2.17 bits per heavy atom. The van der Waals surface area contributed by atoms with Crippen LogP contribution >= 0.6 is 0 Å². The van der Waals surface area contributed by atoms with Gasteiger partial charge in [0.05, 0.1) is 5.54 Å². The summed E-state index contributed by atoms with van der Waals surface area (Å²) in [7, 11) is 0. The number of benzene rings is 1. The minimum absolute atomic E-state index is 0.100. The molecule has 1 aromatic carbocycles. The Labute approximate surface area is 109 Å². The van der Waals surface area contributed by atoms with Crippen LogP contribution in [0.4, 0.5) is 0 Å². The molecule has 1 heterocycles. The summed E-state index contributed by atoms with van der Waals surface area (Å²) in [5, 5.41) is 0. The largest absolute Gasteiger partial charge is 0.335 e. The first kappa shape index (κ1) is 13.1. The van der Waals surface area contributed by atoms with Gasteiger partial charge in [-0.2, -0.15) is 0 Å². The fraction of sp³-hybridized carbons (Fsp3) is 0.533. The summed E-state index contributed by atoms with van der Waals surface area (Å²) in [4.78, 5) is 14.2. The van der Waals surface area contributed by atoms with Gasteiger partial charge in [-0.15, -0.1) is 0 Å². The van der Waals surface area contributed by atoms with E-state index in [9.17, 15) is 4.79 Å². The van der Waals surface area contributed by atoms with E-state index in [-0.39, 0.29) is 11.4 Å². The molecule has 0 aliphatic carbocycles. The maximum Gasteiger partial charge on any atom is 0.254 e. The highest BCUT2D eigenvalue weighted by atomic mass is 16.2. The Balaban J connectivity index is 2.10. The van der Waals surface area contributed by atoms with Crippen molar-refractivity contribution in [2.75, 3.05) is 13.1 Å². The quantitative estimate of drug-likeness (QED) is 0.868. The summed E-state index contributed by atoms with van der Waals surface area (Å²) in [5.74, 6) is 0.504. The van der Waals surface area contributed by atoms with Gasteiger partial charge in [-0.1, -0.05) is 31.0 Å². The first-order valence-electron chi connectivity index (χ1n) is 6.48. The normalized spacial score (nSPS) is 17.8. The Hall–Kier alpha value is -1.35. The third kappa shape index (κ3) is 2.27. The van der Waals surface area contributed by atoms with Crippen LogP contribution in [0.2, 0.25) is 0 Å². The number of hydrogen-bond acceptors (Lipinski definition) is 2. The molecule has 1 fully saturated rings. The van der Waals surface area contributed by atoms with E-state index in [1.807, 2.05) is 30.9 Å². The van der Waals surface area contributed by atoms with Gasteiger partial charge >= 0.3 is 0 Å². The number of rotatable bonds is 2. The van der Waals surface area contributed by atoms with E-state index >= 15 is 0 Å². The molecule has 1 aliphatic rings. The molecular weight excluding hydrogens is 224 g/mol. The van der Waals surface area contributed by atoms with Crippen LogP contribution in [0.1, 0.15) is 35.3 Å². The van der Waals surface area contributed by atoms with Gasteiger partial charge in [0.15, 0.2) is 0 Å². The molecule has 3 nitrogen and oxygen atoms in total. The lowest BCUT2D eigenvalue weighted by Gasteiger charge is -2.50. The second-order valence-electron chi connectivity index (χ2n) is 5.93. The molecule has 18 heavy (non-hydrogen) atoms. The number of carbonyl (C=O) groups excluding carboxylic acids is 1. The standard InChI is InChI=1S/C15H22N2O/c1-10(2)15(16)8-17(9-15)14(18)13-6-11(3)5-12(4)7-13/h5-7,10H,8-9,16H2,1-4H3. The number of carbonyl (C=O) groups is 1. The molecule has 1 amide bonds. The van der Waals surface area contributed by atoms with Crippen LogP contribution < -0.4 is 5.73 Å². The summed E-state index contributed by atoms with van der Waals surface area (Å²) in [6.07, 6.45) is 0. The molecule has 0 spiro atoms. The Morgan fingerprint density at radius 2 is 1.72 bits per heavy atom. The number of likely N-dealkylation sites (tertiary alicyclic amines) is 1. The molecule has 0 aromatic heterocycles. The summed E-state index contributed by atoms with van der Waals surface area (Å²) in [5.41, 5.74) is 9.05. The third-order valence-electron chi connectivity index (χ3n) is 3.88. The lowest BCUT2D eigenvalue weighted by atomic mass is 9.80. The number of hydrogen-bond donors (Lipinski definition) is 1. The van der Waals surface area contributed by atoms with Crippen molar-refractivity contribution >= 4 is 5.91 Å². The Bertz CT molecular complexity index is 453. The summed E-state index contributed by atoms with van der Waals surface area (Å²) >= 11 is 0. The van der Waals surface area contributed by atoms with Crippen LogP contribution in [0, 0.1) is 19.8 Å². The molecular formula is C15H22N2O. The van der Waals surface area contributed by atoms with E-state index in [1.54, 1.807) is 0 Å². The topological polar surface area (TPSA) is 46.3 Å². The third-order valence-corrected chi connectivity index (χ3v) is 3.88. The van der Waals surface area contributed by atoms with Gasteiger partial charge in [-0.05, 0) is 31.9 Å². The SMILES string of the molecule is Cc1cc(C)cc(C(=O)N2CC(N)(C(C)C)C2)c1. The van der Waals surface area contributed by atoms with Crippen molar-refractivity contribution in [2.45, 2.75) is 33.2 Å². The monoisotopic (exact) mass is 246 g/mol. The predicted molar refractivity (Wildman–Crippen MR) is 73.6 cm³/mol. The van der Waals surface area contributed by atoms with Crippen molar-refractivity contribution < 1.29 is 4.79 Å². The molecule has 1 saturated heterocycles. The number of aryl methyl sites for hydroxylation is 2. The zero-order valence-electron chi connectivity index (χ0n) is 11.7. The summed E-state index contributed by atoms with van der Waals surface area (Å²) < 4.78 is 0. The highest BCUT2D eigenvalue weighted by molar-refractivity contribution is 5.95. The summed E-state index contributed by atoms with van der Waals surface area (Å²) in [6.45, 7) is 9.58. The maximum absolute atomic E-state index is 12.3. The molecule has 1 aliphatic heterocycles. The van der Waals surface area contributed by atoms with Crippen LogP contribution in [0.15, 0.2) is 18.2 Å². The summed E-state index contributed by atoms with van der Waals surface area (Å²) in [6, 6.07) is 5.97. The van der Waals surface area contributed by atoms with Crippen molar-refractivity contribution in [1.82, 2.24) is 4.90 Å². The van der Waals surface area contributed by atoms with Gasteiger partial charge in [0.25, 0.3) is 5.91 Å². The van der Waals surface area contributed by atoms with Crippen LogP contribution in [-0.2, 0) is 0 Å². The molecule has 0 radical (unpaired) electrons. The fourth-order valence-electron chi connectivity index (χ4n) is 2.45. The molecule has 98 valence electrons. The van der Waals surface area contributed by atoms with Crippen LogP contribution in [-0.4, -0.2) is 29.4 Å². The Kier molecular flexibility index (Phi) is 3.20. The molecule has 0 saturated carbocycles. The van der Waals surface area contributed by atoms with Gasteiger partial charge in [0.2, 0.25) is 0 Å². The van der Waals surface area contributed by atoms with Gasteiger partial charge < -0.3 is 10.6 Å². The molecule has 2 rings (SSSR count). The van der Waals surface area contributed by atoms with Crippen molar-refractivity contribution in [3.63, 3.8) is 0 Å². The van der Waals surface area contributed by atoms with Crippen LogP contribution in [0.3, 0.4) is 0 Å². The average molecular weight is 246 g/mol. The highest BCUT2D eigenvalue weighted by Crippen LogP contribution is 2.27. The number of nitrogens with two attached hydrogens (primary N) is 1. The number of amides is 1. The zero-order chi connectivity index (χ0) is 13.5. The second kappa shape index (κ2) is 4.39. The molecule has 0 atom stereocenters. The van der Waals surface area contributed by atoms with Gasteiger partial charge in [-0.25, -0.2) is 0 Å². The minimum Gasteiger partial charge on any atom is -0.335 e. The number of nitrogens with zero attached hydrogens (tertiary/aromatic N) is 1. The van der Waals surface area contributed by atoms with Crippen molar-refractivity contribution in [2.24, 2.45) is 11.7 Å². The van der Waals surface area contributed by atoms with E-state index in [0.717, 1.165) is 16.7 Å². The minimum atomic E-state index is -0.200. The second-order valence-corrected chi connectivity index (χ2v) is 5.93. The Morgan fingerprint density at radius 1 is 1.22 bits per heavy atom. The molecule has 2 N–H and O–H groups in total. The fourth-order valence-corrected chi connectivity index (χ4v) is 2.45. The first-order valence-corrected chi connectivity index (χ1v) is 6.48. The smallest absolute Gasteiger partial charge is 0.254 e. The molecule has 0 bridgehead atoms. The predicted octanol–water partition coefficient (Wildman–Crippen LogP) is 2.11. The van der Waals surface area contributed by atoms with E-state index in [4.69, 9.17) is 5.73 Å². The van der Waals surface area contributed by atoms with Crippen molar-refractivity contribution in [3.05, 3.63) is 34.9 Å². The van der Waals surface area contributed by atoms with Gasteiger partial charge in [0, 0.05) is 18.7 Å². The van der Waals surface area contributed by atoms with E-state index in [0.29, 0.717) is 19.0 Å². The van der Waals surface area contributed by atoms with E-state index in [1.165, 1.54) is 0 Å². The molecule has 3 heteroatoms. The maximum atomic E-state index is 12.3. The van der Waals surface area contributed by atoms with Crippen molar-refractivity contribution in [1.29, 1.82) is 0 Å². The van der Waals surface area contributed by atoms with Crippen LogP contribution in [0.25, 0.3) is 0 Å².